The number of hydrogen-bond donors (Lipinski definition) is 2. The Morgan fingerprint density at radius 1 is 1.47 bits per heavy atom. The van der Waals surface area contributed by atoms with Gasteiger partial charge in [-0.15, -0.1) is 0 Å². The van der Waals surface area contributed by atoms with Crippen LogP contribution in [0.1, 0.15) is 25.5 Å². The van der Waals surface area contributed by atoms with E-state index < -0.39 is 12.0 Å². The van der Waals surface area contributed by atoms with Crippen molar-refractivity contribution in [3.63, 3.8) is 0 Å². The minimum Gasteiger partial charge on any atom is -0.497 e. The Kier molecular flexibility index (Phi) is 4.97. The Labute approximate surface area is 102 Å². The lowest BCUT2D eigenvalue weighted by atomic mass is 10.1. The van der Waals surface area contributed by atoms with Crippen molar-refractivity contribution in [3.05, 3.63) is 29.8 Å². The zero-order chi connectivity index (χ0) is 12.8. The Balaban J connectivity index is 2.85. The number of rotatable bonds is 6. The van der Waals surface area contributed by atoms with Gasteiger partial charge in [-0.1, -0.05) is 26.0 Å². The molecule has 2 N–H and O–H groups in total. The number of hydrogen-bond acceptors (Lipinski definition) is 3. The normalized spacial score (nSPS) is 12.5. The average Bonchev–Trinajstić information content (AvgIpc) is 2.28. The SMILES string of the molecule is COc1cccc(C(NCC(C)C)C(=O)O)c1. The van der Waals surface area contributed by atoms with Gasteiger partial charge in [0.2, 0.25) is 0 Å². The fraction of sp³-hybridized carbons (Fsp3) is 0.462. The zero-order valence-corrected chi connectivity index (χ0v) is 10.4. The second-order valence-electron chi connectivity index (χ2n) is 4.35. The van der Waals surface area contributed by atoms with Crippen molar-refractivity contribution in [1.29, 1.82) is 0 Å². The molecule has 0 spiro atoms. The van der Waals surface area contributed by atoms with Gasteiger partial charge < -0.3 is 15.2 Å². The molecule has 0 fully saturated rings. The summed E-state index contributed by atoms with van der Waals surface area (Å²) in [4.78, 5) is 11.2. The zero-order valence-electron chi connectivity index (χ0n) is 10.4. The molecule has 1 unspecified atom stereocenters. The molecule has 0 aliphatic rings. The third kappa shape index (κ3) is 4.07. The molecule has 0 bridgehead atoms. The van der Waals surface area contributed by atoms with Crippen LogP contribution >= 0.6 is 0 Å². The smallest absolute Gasteiger partial charge is 0.325 e. The highest BCUT2D eigenvalue weighted by Crippen LogP contribution is 2.19. The second-order valence-corrected chi connectivity index (χ2v) is 4.35. The van der Waals surface area contributed by atoms with Crippen molar-refractivity contribution in [1.82, 2.24) is 5.32 Å². The molecule has 0 aliphatic heterocycles. The van der Waals surface area contributed by atoms with Gasteiger partial charge in [-0.05, 0) is 30.2 Å². The molecule has 0 saturated heterocycles. The molecule has 1 rings (SSSR count). The predicted octanol–water partition coefficient (Wildman–Crippen LogP) is 2.07. The van der Waals surface area contributed by atoms with Gasteiger partial charge in [0.25, 0.3) is 0 Å². The summed E-state index contributed by atoms with van der Waals surface area (Å²) < 4.78 is 5.09. The minimum absolute atomic E-state index is 0.405. The van der Waals surface area contributed by atoms with Gasteiger partial charge in [0.15, 0.2) is 0 Å². The molecule has 0 aromatic heterocycles. The van der Waals surface area contributed by atoms with E-state index in [4.69, 9.17) is 4.74 Å². The maximum Gasteiger partial charge on any atom is 0.325 e. The van der Waals surface area contributed by atoms with E-state index in [2.05, 4.69) is 5.32 Å². The number of aliphatic carboxylic acids is 1. The maximum absolute atomic E-state index is 11.2. The highest BCUT2D eigenvalue weighted by molar-refractivity contribution is 5.75. The van der Waals surface area contributed by atoms with Crippen LogP contribution in [0.2, 0.25) is 0 Å². The summed E-state index contributed by atoms with van der Waals surface area (Å²) in [5, 5.41) is 12.2. The molecule has 0 saturated carbocycles. The molecule has 1 aromatic carbocycles. The number of carboxylic acid groups (broad SMARTS) is 1. The van der Waals surface area contributed by atoms with Crippen molar-refractivity contribution < 1.29 is 14.6 Å². The Morgan fingerprint density at radius 3 is 2.71 bits per heavy atom. The molecule has 1 aromatic rings. The van der Waals surface area contributed by atoms with Crippen molar-refractivity contribution >= 4 is 5.97 Å². The van der Waals surface area contributed by atoms with E-state index in [9.17, 15) is 9.90 Å². The van der Waals surface area contributed by atoms with Gasteiger partial charge in [0.1, 0.15) is 11.8 Å². The van der Waals surface area contributed by atoms with Gasteiger partial charge in [0, 0.05) is 0 Å². The lowest BCUT2D eigenvalue weighted by Crippen LogP contribution is -2.31. The fourth-order valence-corrected chi connectivity index (χ4v) is 1.52. The highest BCUT2D eigenvalue weighted by Gasteiger charge is 2.19. The number of nitrogens with one attached hydrogen (secondary N) is 1. The first kappa shape index (κ1) is 13.5. The average molecular weight is 237 g/mol. The monoisotopic (exact) mass is 237 g/mol. The van der Waals surface area contributed by atoms with E-state index in [1.54, 1.807) is 31.4 Å². The number of carboxylic acids is 1. The van der Waals surface area contributed by atoms with Crippen LogP contribution in [0, 0.1) is 5.92 Å². The summed E-state index contributed by atoms with van der Waals surface area (Å²) >= 11 is 0. The fourth-order valence-electron chi connectivity index (χ4n) is 1.52. The Hall–Kier alpha value is -1.55. The largest absolute Gasteiger partial charge is 0.497 e. The summed E-state index contributed by atoms with van der Waals surface area (Å²) in [6.45, 7) is 4.74. The van der Waals surface area contributed by atoms with Crippen molar-refractivity contribution in [3.8, 4) is 5.75 Å². The molecule has 0 aliphatic carbocycles. The first-order valence-electron chi connectivity index (χ1n) is 5.64. The van der Waals surface area contributed by atoms with E-state index in [0.717, 1.165) is 0 Å². The van der Waals surface area contributed by atoms with Crippen LogP contribution in [-0.2, 0) is 4.79 Å². The number of benzene rings is 1. The number of methoxy groups -OCH3 is 1. The Bertz CT molecular complexity index is 377. The van der Waals surface area contributed by atoms with E-state index in [1.807, 2.05) is 13.8 Å². The van der Waals surface area contributed by atoms with Gasteiger partial charge >= 0.3 is 5.97 Å². The van der Waals surface area contributed by atoms with E-state index in [0.29, 0.717) is 23.8 Å². The van der Waals surface area contributed by atoms with Crippen molar-refractivity contribution in [2.45, 2.75) is 19.9 Å². The summed E-state index contributed by atoms with van der Waals surface area (Å²) in [6.07, 6.45) is 0. The molecular weight excluding hydrogens is 218 g/mol. The second kappa shape index (κ2) is 6.25. The Morgan fingerprint density at radius 2 is 2.18 bits per heavy atom. The standard InChI is InChI=1S/C13H19NO3/c1-9(2)8-14-12(13(15)16)10-5-4-6-11(7-10)17-3/h4-7,9,12,14H,8H2,1-3H3,(H,15,16). The van der Waals surface area contributed by atoms with E-state index in [1.165, 1.54) is 0 Å². The molecular formula is C13H19NO3. The topological polar surface area (TPSA) is 58.6 Å². The molecule has 4 nitrogen and oxygen atoms in total. The molecule has 0 heterocycles. The van der Waals surface area contributed by atoms with Crippen molar-refractivity contribution in [2.24, 2.45) is 5.92 Å². The van der Waals surface area contributed by atoms with E-state index >= 15 is 0 Å². The minimum atomic E-state index is -0.876. The molecule has 94 valence electrons. The first-order valence-corrected chi connectivity index (χ1v) is 5.64. The lowest BCUT2D eigenvalue weighted by Gasteiger charge is -2.16. The summed E-state index contributed by atoms with van der Waals surface area (Å²) in [6, 6.07) is 6.43. The van der Waals surface area contributed by atoms with Crippen LogP contribution in [-0.4, -0.2) is 24.7 Å². The summed E-state index contributed by atoms with van der Waals surface area (Å²) in [5.41, 5.74) is 0.706. The molecule has 0 amide bonds. The van der Waals surface area contributed by atoms with Crippen LogP contribution in [0.5, 0.6) is 5.75 Å². The third-order valence-corrected chi connectivity index (χ3v) is 2.40. The third-order valence-electron chi connectivity index (χ3n) is 2.40. The molecule has 17 heavy (non-hydrogen) atoms. The van der Waals surface area contributed by atoms with Gasteiger partial charge in [-0.25, -0.2) is 0 Å². The van der Waals surface area contributed by atoms with Crippen LogP contribution < -0.4 is 10.1 Å². The number of carbonyl (C=O) groups is 1. The lowest BCUT2D eigenvalue weighted by molar-refractivity contribution is -0.139. The van der Waals surface area contributed by atoms with Gasteiger partial charge in [-0.3, -0.25) is 4.79 Å². The van der Waals surface area contributed by atoms with Gasteiger partial charge in [-0.2, -0.15) is 0 Å². The summed E-state index contributed by atoms with van der Waals surface area (Å²) in [7, 11) is 1.57. The number of ether oxygens (including phenoxy) is 1. The quantitative estimate of drug-likeness (QED) is 0.795. The molecule has 1 atom stereocenters. The van der Waals surface area contributed by atoms with Gasteiger partial charge in [0.05, 0.1) is 7.11 Å². The van der Waals surface area contributed by atoms with E-state index in [-0.39, 0.29) is 0 Å². The first-order chi connectivity index (χ1) is 8.04. The highest BCUT2D eigenvalue weighted by atomic mass is 16.5. The molecule has 0 radical (unpaired) electrons. The van der Waals surface area contributed by atoms with Crippen LogP contribution in [0.15, 0.2) is 24.3 Å². The predicted molar refractivity (Wildman–Crippen MR) is 66.2 cm³/mol. The van der Waals surface area contributed by atoms with Crippen molar-refractivity contribution in [2.75, 3.05) is 13.7 Å². The molecule has 4 heteroatoms. The summed E-state index contributed by atoms with van der Waals surface area (Å²) in [5.74, 6) is 0.196. The van der Waals surface area contributed by atoms with Crippen LogP contribution in [0.25, 0.3) is 0 Å². The van der Waals surface area contributed by atoms with Crippen LogP contribution in [0.3, 0.4) is 0 Å². The maximum atomic E-state index is 11.2. The van der Waals surface area contributed by atoms with Crippen LogP contribution in [0.4, 0.5) is 0 Å².